The molecular weight excluding hydrogens is 244 g/mol. The molecule has 0 aliphatic rings. The lowest BCUT2D eigenvalue weighted by Gasteiger charge is -2.19. The Balaban J connectivity index is 2.31. The summed E-state index contributed by atoms with van der Waals surface area (Å²) < 4.78 is 0. The second-order valence-corrected chi connectivity index (χ2v) is 5.71. The van der Waals surface area contributed by atoms with Crippen LogP contribution in [0.25, 0.3) is 0 Å². The first-order valence-corrected chi connectivity index (χ1v) is 7.04. The van der Waals surface area contributed by atoms with Gasteiger partial charge in [0.15, 0.2) is 0 Å². The molecule has 0 amide bonds. The molecule has 0 unspecified atom stereocenters. The Labute approximate surface area is 122 Å². The van der Waals surface area contributed by atoms with Crippen molar-refractivity contribution in [2.75, 3.05) is 33.1 Å². The molecule has 0 N–H and O–H groups in total. The van der Waals surface area contributed by atoms with E-state index in [2.05, 4.69) is 86.5 Å². The van der Waals surface area contributed by atoms with Crippen LogP contribution in [-0.2, 0) is 13.0 Å². The first-order valence-electron chi connectivity index (χ1n) is 7.04. The predicted octanol–water partition coefficient (Wildman–Crippen LogP) is 3.41. The normalized spacial score (nSPS) is 10.8. The summed E-state index contributed by atoms with van der Waals surface area (Å²) in [5, 5.41) is 0. The Morgan fingerprint density at radius 2 is 1.25 bits per heavy atom. The maximum Gasteiger partial charge on any atom is 0.0396 e. The number of hydrogen-bond acceptors (Lipinski definition) is 2. The van der Waals surface area contributed by atoms with Gasteiger partial charge in [-0.3, -0.25) is 0 Å². The largest absolute Gasteiger partial charge is 0.377 e. The summed E-state index contributed by atoms with van der Waals surface area (Å²) in [6.45, 7) is 0.986. The molecular formula is C18H24N2. The molecule has 2 heteroatoms. The minimum absolute atomic E-state index is 0.984. The summed E-state index contributed by atoms with van der Waals surface area (Å²) >= 11 is 0. The maximum atomic E-state index is 2.24. The van der Waals surface area contributed by atoms with Gasteiger partial charge in [0.05, 0.1) is 0 Å². The molecule has 20 heavy (non-hydrogen) atoms. The molecule has 0 aliphatic carbocycles. The van der Waals surface area contributed by atoms with Crippen LogP contribution in [0.2, 0.25) is 0 Å². The molecule has 2 nitrogen and oxygen atoms in total. The van der Waals surface area contributed by atoms with Crippen LogP contribution < -0.4 is 4.90 Å². The number of para-hydroxylation sites is 1. The van der Waals surface area contributed by atoms with Crippen molar-refractivity contribution in [1.82, 2.24) is 4.90 Å². The first-order chi connectivity index (χ1) is 9.58. The van der Waals surface area contributed by atoms with Crippen molar-refractivity contribution >= 4 is 5.69 Å². The third-order valence-corrected chi connectivity index (χ3v) is 3.46. The smallest absolute Gasteiger partial charge is 0.0396 e. The van der Waals surface area contributed by atoms with E-state index in [1.54, 1.807) is 0 Å². The minimum Gasteiger partial charge on any atom is -0.377 e. The number of benzene rings is 2. The summed E-state index contributed by atoms with van der Waals surface area (Å²) in [5.41, 5.74) is 5.50. The monoisotopic (exact) mass is 268 g/mol. The highest BCUT2D eigenvalue weighted by atomic mass is 15.1. The number of anilines is 1. The SMILES string of the molecule is CN(C)Cc1ccccc1Cc1ccccc1N(C)C. The lowest BCUT2D eigenvalue weighted by molar-refractivity contribution is 0.401. The van der Waals surface area contributed by atoms with Gasteiger partial charge in [-0.2, -0.15) is 0 Å². The Morgan fingerprint density at radius 1 is 0.700 bits per heavy atom. The van der Waals surface area contributed by atoms with Gasteiger partial charge in [0.25, 0.3) is 0 Å². The van der Waals surface area contributed by atoms with Crippen LogP contribution in [0.3, 0.4) is 0 Å². The highest BCUT2D eigenvalue weighted by Crippen LogP contribution is 2.23. The third-order valence-electron chi connectivity index (χ3n) is 3.46. The van der Waals surface area contributed by atoms with E-state index in [0.717, 1.165) is 13.0 Å². The van der Waals surface area contributed by atoms with Crippen molar-refractivity contribution in [3.05, 3.63) is 65.2 Å². The average molecular weight is 268 g/mol. The van der Waals surface area contributed by atoms with Gasteiger partial charge in [-0.1, -0.05) is 42.5 Å². The van der Waals surface area contributed by atoms with Crippen LogP contribution in [0.1, 0.15) is 16.7 Å². The summed E-state index contributed by atoms with van der Waals surface area (Å²) in [4.78, 5) is 4.40. The van der Waals surface area contributed by atoms with Gasteiger partial charge in [0.2, 0.25) is 0 Å². The van der Waals surface area contributed by atoms with Crippen molar-refractivity contribution in [2.45, 2.75) is 13.0 Å². The van der Waals surface area contributed by atoms with Crippen molar-refractivity contribution in [3.63, 3.8) is 0 Å². The molecule has 2 rings (SSSR count). The van der Waals surface area contributed by atoms with Crippen molar-refractivity contribution < 1.29 is 0 Å². The number of rotatable bonds is 5. The Kier molecular flexibility index (Phi) is 4.80. The molecule has 0 fully saturated rings. The molecule has 0 spiro atoms. The van der Waals surface area contributed by atoms with Crippen LogP contribution in [0.5, 0.6) is 0 Å². The number of hydrogen-bond donors (Lipinski definition) is 0. The van der Waals surface area contributed by atoms with Gasteiger partial charge in [-0.15, -0.1) is 0 Å². The van der Waals surface area contributed by atoms with Crippen LogP contribution in [0.15, 0.2) is 48.5 Å². The highest BCUT2D eigenvalue weighted by Gasteiger charge is 2.08. The predicted molar refractivity (Wildman–Crippen MR) is 87.4 cm³/mol. The molecule has 0 radical (unpaired) electrons. The Bertz CT molecular complexity index is 559. The van der Waals surface area contributed by atoms with Gasteiger partial charge < -0.3 is 9.80 Å². The van der Waals surface area contributed by atoms with E-state index in [-0.39, 0.29) is 0 Å². The van der Waals surface area contributed by atoms with Gasteiger partial charge in [-0.25, -0.2) is 0 Å². The van der Waals surface area contributed by atoms with E-state index < -0.39 is 0 Å². The van der Waals surface area contributed by atoms with Crippen LogP contribution in [0.4, 0.5) is 5.69 Å². The molecule has 2 aromatic rings. The van der Waals surface area contributed by atoms with E-state index >= 15 is 0 Å². The van der Waals surface area contributed by atoms with Crippen LogP contribution in [0, 0.1) is 0 Å². The molecule has 0 saturated carbocycles. The second kappa shape index (κ2) is 6.58. The lowest BCUT2D eigenvalue weighted by atomic mass is 9.98. The summed E-state index contributed by atoms with van der Waals surface area (Å²) in [5.74, 6) is 0. The molecule has 0 atom stereocenters. The fraction of sp³-hybridized carbons (Fsp3) is 0.333. The molecule has 0 bridgehead atoms. The van der Waals surface area contributed by atoms with E-state index in [0.29, 0.717) is 0 Å². The summed E-state index contributed by atoms with van der Waals surface area (Å²) in [7, 11) is 8.43. The van der Waals surface area contributed by atoms with Gasteiger partial charge in [0.1, 0.15) is 0 Å². The quantitative estimate of drug-likeness (QED) is 0.820. The fourth-order valence-corrected chi connectivity index (χ4v) is 2.53. The highest BCUT2D eigenvalue weighted by molar-refractivity contribution is 5.54. The summed E-state index contributed by atoms with van der Waals surface area (Å²) in [6.07, 6.45) is 0.984. The molecule has 106 valence electrons. The van der Waals surface area contributed by atoms with E-state index in [1.807, 2.05) is 0 Å². The molecule has 0 aliphatic heterocycles. The topological polar surface area (TPSA) is 6.48 Å². The fourth-order valence-electron chi connectivity index (χ4n) is 2.53. The minimum atomic E-state index is 0.984. The molecule has 0 saturated heterocycles. The van der Waals surface area contributed by atoms with E-state index in [9.17, 15) is 0 Å². The molecule has 0 aromatic heterocycles. The maximum absolute atomic E-state index is 2.24. The van der Waals surface area contributed by atoms with Gasteiger partial charge in [-0.05, 0) is 43.3 Å². The zero-order chi connectivity index (χ0) is 14.5. The van der Waals surface area contributed by atoms with Crippen LogP contribution in [-0.4, -0.2) is 33.1 Å². The molecule has 0 heterocycles. The van der Waals surface area contributed by atoms with Crippen LogP contribution >= 0.6 is 0 Å². The Morgan fingerprint density at radius 3 is 1.85 bits per heavy atom. The second-order valence-electron chi connectivity index (χ2n) is 5.71. The van der Waals surface area contributed by atoms with E-state index in [4.69, 9.17) is 0 Å². The molecule has 2 aromatic carbocycles. The zero-order valence-corrected chi connectivity index (χ0v) is 12.9. The first kappa shape index (κ1) is 14.6. The van der Waals surface area contributed by atoms with Gasteiger partial charge in [0, 0.05) is 26.3 Å². The Hall–Kier alpha value is -1.80. The van der Waals surface area contributed by atoms with Crippen molar-refractivity contribution in [3.8, 4) is 0 Å². The lowest BCUT2D eigenvalue weighted by Crippen LogP contribution is -2.14. The average Bonchev–Trinajstić information content (AvgIpc) is 2.41. The summed E-state index contributed by atoms with van der Waals surface area (Å²) in [6, 6.07) is 17.4. The third kappa shape index (κ3) is 3.61. The zero-order valence-electron chi connectivity index (χ0n) is 12.9. The van der Waals surface area contributed by atoms with Crippen molar-refractivity contribution in [2.24, 2.45) is 0 Å². The van der Waals surface area contributed by atoms with Gasteiger partial charge >= 0.3 is 0 Å². The van der Waals surface area contributed by atoms with E-state index in [1.165, 1.54) is 22.4 Å². The standard InChI is InChI=1S/C18H24N2/c1-19(2)14-17-11-6-5-9-15(17)13-16-10-7-8-12-18(16)20(3)4/h5-12H,13-14H2,1-4H3. The van der Waals surface area contributed by atoms with Crippen molar-refractivity contribution in [1.29, 1.82) is 0 Å². The number of nitrogens with zero attached hydrogens (tertiary/aromatic N) is 2.